The Morgan fingerprint density at radius 2 is 1.25 bits per heavy atom. The molecule has 0 atom stereocenters. The van der Waals surface area contributed by atoms with Crippen molar-refractivity contribution >= 4 is 21.3 Å². The molecule has 0 aliphatic heterocycles. The number of hydrogen-bond donors (Lipinski definition) is 0. The summed E-state index contributed by atoms with van der Waals surface area (Å²) in [7, 11) is 8.29. The first-order chi connectivity index (χ1) is 1.41. The Balaban J connectivity index is 0. The molecule has 0 saturated heterocycles. The molecule has 0 amide bonds. The van der Waals surface area contributed by atoms with Gasteiger partial charge in [-0.2, -0.15) is 0 Å². The van der Waals surface area contributed by atoms with E-state index < -0.39 is 0 Å². The first-order valence-corrected chi connectivity index (χ1v) is 3.19. The third-order valence-corrected chi connectivity index (χ3v) is 0. The molecule has 4 heteroatoms. The fourth-order valence-electron chi connectivity index (χ4n) is 0. The molecule has 0 fully saturated rings. The summed E-state index contributed by atoms with van der Waals surface area (Å²) in [4.78, 5) is 0. The first kappa shape index (κ1) is 9.14. The normalized spacial score (nSPS) is 5.00. The topological polar surface area (TPSA) is 0 Å². The van der Waals surface area contributed by atoms with Crippen LogP contribution in [-0.4, -0.2) is 0 Å². The molecule has 0 nitrogen and oxygen atoms in total. The van der Waals surface area contributed by atoms with Crippen LogP contribution < -0.4 is 0 Å². The van der Waals surface area contributed by atoms with Gasteiger partial charge in [-0.1, -0.05) is 0 Å². The van der Waals surface area contributed by atoms with Crippen LogP contribution in [0.15, 0.2) is 0 Å². The third kappa shape index (κ3) is 9.51. The minimum absolute atomic E-state index is 0. The molecule has 0 rings (SSSR count). The summed E-state index contributed by atoms with van der Waals surface area (Å²) < 4.78 is 0. The zero-order valence-corrected chi connectivity index (χ0v) is 5.62. The van der Waals surface area contributed by atoms with Gasteiger partial charge < -0.3 is 0 Å². The predicted molar refractivity (Wildman–Crippen MR) is 15.2 cm³/mol. The Hall–Kier alpha value is 1.60. The minimum atomic E-state index is 0. The number of rotatable bonds is 0. The second-order valence-corrected chi connectivity index (χ2v) is 1.96. The molecule has 0 radical (unpaired) electrons. The van der Waals surface area contributed by atoms with Gasteiger partial charge in [0.05, 0.1) is 0 Å². The average Bonchev–Trinajstić information content (AvgIpc) is 0.918. The van der Waals surface area contributed by atoms with Crippen LogP contribution in [0.2, 0.25) is 0 Å². The SMILES string of the molecule is [Pd].[S]=[Ni]=[S]. The molecule has 0 aromatic carbocycles. The van der Waals surface area contributed by atoms with E-state index >= 15 is 0 Å². The molecule has 0 spiro atoms. The predicted octanol–water partition coefficient (Wildman–Crippen LogP) is 1.29. The quantitative estimate of drug-likeness (QED) is 0.574. The Kier molecular flexibility index (Phi) is 20.2. The average molecular weight is 229 g/mol. The van der Waals surface area contributed by atoms with Gasteiger partial charge in [0, 0.05) is 20.4 Å². The zero-order valence-electron chi connectivity index (χ0n) is 1.45. The Labute approximate surface area is 52.6 Å². The molecule has 0 aromatic rings. The summed E-state index contributed by atoms with van der Waals surface area (Å²) in [5.41, 5.74) is 0. The molecule has 4 heavy (non-hydrogen) atoms. The van der Waals surface area contributed by atoms with E-state index in [1.165, 1.54) is 0 Å². The van der Waals surface area contributed by atoms with E-state index in [4.69, 9.17) is 0 Å². The van der Waals surface area contributed by atoms with Crippen molar-refractivity contribution in [3.63, 3.8) is 0 Å². The van der Waals surface area contributed by atoms with Crippen LogP contribution in [0, 0.1) is 0 Å². The van der Waals surface area contributed by atoms with Gasteiger partial charge in [-0.15, -0.1) is 0 Å². The van der Waals surface area contributed by atoms with Crippen molar-refractivity contribution in [3.8, 4) is 0 Å². The molecule has 32 valence electrons. The van der Waals surface area contributed by atoms with Crippen LogP contribution in [0.1, 0.15) is 0 Å². The molecular weight excluding hydrogens is 229 g/mol. The van der Waals surface area contributed by atoms with Crippen LogP contribution in [0.4, 0.5) is 0 Å². The summed E-state index contributed by atoms with van der Waals surface area (Å²) >= 11 is 0.792. The van der Waals surface area contributed by atoms with Gasteiger partial charge >= 0.3 is 32.6 Å². The Morgan fingerprint density at radius 3 is 1.25 bits per heavy atom. The van der Waals surface area contributed by atoms with Gasteiger partial charge in [-0.05, 0) is 0 Å². The molecule has 0 unspecified atom stereocenters. The van der Waals surface area contributed by atoms with E-state index in [2.05, 4.69) is 21.3 Å². The van der Waals surface area contributed by atoms with Crippen LogP contribution in [0.5, 0.6) is 0 Å². The van der Waals surface area contributed by atoms with Crippen molar-refractivity contribution in [3.05, 3.63) is 0 Å². The zero-order chi connectivity index (χ0) is 2.71. The van der Waals surface area contributed by atoms with Gasteiger partial charge in [0.1, 0.15) is 0 Å². The molecule has 0 heterocycles. The van der Waals surface area contributed by atoms with E-state index in [9.17, 15) is 0 Å². The summed E-state index contributed by atoms with van der Waals surface area (Å²) in [6.45, 7) is 0. The maximum atomic E-state index is 4.15. The molecular formula is NiPdS2. The second-order valence-electron chi connectivity index (χ2n) is 0.0527. The van der Waals surface area contributed by atoms with E-state index in [0.717, 1.165) is 11.2 Å². The number of hydrogen-bond acceptors (Lipinski definition) is 2. The summed E-state index contributed by atoms with van der Waals surface area (Å²) in [5, 5.41) is 0. The van der Waals surface area contributed by atoms with Crippen LogP contribution in [-0.2, 0) is 31.7 Å². The maximum absolute atomic E-state index is 4.15. The third-order valence-electron chi connectivity index (χ3n) is 0. The van der Waals surface area contributed by atoms with Crippen LogP contribution in [0.25, 0.3) is 0 Å². The van der Waals surface area contributed by atoms with Crippen LogP contribution >= 0.6 is 21.3 Å². The fourth-order valence-corrected chi connectivity index (χ4v) is 0. The van der Waals surface area contributed by atoms with E-state index in [0.29, 0.717) is 0 Å². The van der Waals surface area contributed by atoms with Crippen molar-refractivity contribution in [1.82, 2.24) is 0 Å². The molecule has 0 bridgehead atoms. The summed E-state index contributed by atoms with van der Waals surface area (Å²) in [5.74, 6) is 0. The van der Waals surface area contributed by atoms with E-state index in [1.54, 1.807) is 0 Å². The monoisotopic (exact) mass is 228 g/mol. The summed E-state index contributed by atoms with van der Waals surface area (Å²) in [6.07, 6.45) is 0. The Bertz CT molecular complexity index is 27.0. The van der Waals surface area contributed by atoms with E-state index in [1.807, 2.05) is 0 Å². The van der Waals surface area contributed by atoms with Gasteiger partial charge in [-0.25, -0.2) is 0 Å². The standard InChI is InChI=1S/Ni.Pd.2S. The van der Waals surface area contributed by atoms with Gasteiger partial charge in [0.15, 0.2) is 0 Å². The van der Waals surface area contributed by atoms with Crippen molar-refractivity contribution < 1.29 is 31.7 Å². The van der Waals surface area contributed by atoms with Gasteiger partial charge in [0.2, 0.25) is 0 Å². The van der Waals surface area contributed by atoms with Crippen molar-refractivity contribution in [2.45, 2.75) is 0 Å². The molecule has 0 saturated carbocycles. The van der Waals surface area contributed by atoms with Crippen molar-refractivity contribution in [2.75, 3.05) is 0 Å². The van der Waals surface area contributed by atoms with Crippen molar-refractivity contribution in [1.29, 1.82) is 0 Å². The second kappa shape index (κ2) is 8.82. The molecule has 0 aliphatic rings. The van der Waals surface area contributed by atoms with Crippen LogP contribution in [0.3, 0.4) is 0 Å². The first-order valence-electron chi connectivity index (χ1n) is 0.258. The molecule has 0 aliphatic carbocycles. The van der Waals surface area contributed by atoms with E-state index in [-0.39, 0.29) is 20.4 Å². The van der Waals surface area contributed by atoms with Gasteiger partial charge in [0.25, 0.3) is 0 Å². The Morgan fingerprint density at radius 1 is 1.25 bits per heavy atom. The molecule has 0 aromatic heterocycles. The fraction of sp³-hybridized carbons (Fsp3) is 0. The van der Waals surface area contributed by atoms with Gasteiger partial charge in [-0.3, -0.25) is 0 Å². The molecule has 0 N–H and O–H groups in total. The summed E-state index contributed by atoms with van der Waals surface area (Å²) in [6, 6.07) is 0. The van der Waals surface area contributed by atoms with Crippen molar-refractivity contribution in [2.24, 2.45) is 0 Å².